The highest BCUT2D eigenvalue weighted by Gasteiger charge is 2.22. The van der Waals surface area contributed by atoms with Gasteiger partial charge >= 0.3 is 5.97 Å². The van der Waals surface area contributed by atoms with E-state index in [0.29, 0.717) is 5.01 Å². The quantitative estimate of drug-likeness (QED) is 0.584. The first kappa shape index (κ1) is 20.6. The standard InChI is InChI=1S/C21H18F2N2O3S/c1-3-13-4-6-14(7-5-13)20-25-18(11-29-20)21(27)28-12(2)19(26)24-17-10-15(22)8-9-16(17)23/h4-12H,3H2,1-2H3,(H,24,26)/t12-/m0/s1. The molecule has 29 heavy (non-hydrogen) atoms. The Labute approximate surface area is 170 Å². The molecule has 0 fully saturated rings. The van der Waals surface area contributed by atoms with E-state index < -0.39 is 29.6 Å². The van der Waals surface area contributed by atoms with Crippen LogP contribution in [0.25, 0.3) is 10.6 Å². The lowest BCUT2D eigenvalue weighted by molar-refractivity contribution is -0.123. The minimum absolute atomic E-state index is 0.0705. The van der Waals surface area contributed by atoms with Gasteiger partial charge in [0.15, 0.2) is 11.8 Å². The second kappa shape index (κ2) is 8.91. The monoisotopic (exact) mass is 416 g/mol. The van der Waals surface area contributed by atoms with Crippen molar-refractivity contribution in [2.45, 2.75) is 26.4 Å². The highest BCUT2D eigenvalue weighted by Crippen LogP contribution is 2.25. The van der Waals surface area contributed by atoms with Crippen molar-refractivity contribution in [3.05, 3.63) is 70.7 Å². The number of benzene rings is 2. The Morgan fingerprint density at radius 3 is 2.59 bits per heavy atom. The summed E-state index contributed by atoms with van der Waals surface area (Å²) in [5.74, 6) is -3.06. The van der Waals surface area contributed by atoms with Crippen LogP contribution in [0, 0.1) is 11.6 Å². The van der Waals surface area contributed by atoms with Crippen molar-refractivity contribution >= 4 is 28.9 Å². The van der Waals surface area contributed by atoms with Gasteiger partial charge in [0, 0.05) is 17.0 Å². The summed E-state index contributed by atoms with van der Waals surface area (Å²) in [6.07, 6.45) is -0.297. The molecular weight excluding hydrogens is 398 g/mol. The predicted octanol–water partition coefficient (Wildman–Crippen LogP) is 4.83. The molecule has 0 saturated carbocycles. The molecule has 150 valence electrons. The molecule has 0 unspecified atom stereocenters. The molecule has 1 aromatic heterocycles. The topological polar surface area (TPSA) is 68.3 Å². The van der Waals surface area contributed by atoms with Gasteiger partial charge in [-0.25, -0.2) is 18.6 Å². The maximum atomic E-state index is 13.6. The second-order valence-electron chi connectivity index (χ2n) is 6.25. The van der Waals surface area contributed by atoms with Crippen LogP contribution < -0.4 is 5.32 Å². The van der Waals surface area contributed by atoms with E-state index in [9.17, 15) is 18.4 Å². The Morgan fingerprint density at radius 2 is 1.90 bits per heavy atom. The first-order valence-corrected chi connectivity index (χ1v) is 9.77. The zero-order valence-electron chi connectivity index (χ0n) is 15.7. The SMILES string of the molecule is CCc1ccc(-c2nc(C(=O)O[C@@H](C)C(=O)Nc3cc(F)ccc3F)cs2)cc1. The van der Waals surface area contributed by atoms with Gasteiger partial charge in [-0.2, -0.15) is 0 Å². The number of esters is 1. The summed E-state index contributed by atoms with van der Waals surface area (Å²) >= 11 is 1.28. The van der Waals surface area contributed by atoms with E-state index in [1.165, 1.54) is 23.8 Å². The molecular formula is C21H18F2N2O3S. The number of aryl methyl sites for hydroxylation is 1. The van der Waals surface area contributed by atoms with Crippen LogP contribution >= 0.6 is 11.3 Å². The molecule has 0 aliphatic carbocycles. The molecule has 1 heterocycles. The average Bonchev–Trinajstić information content (AvgIpc) is 3.21. The lowest BCUT2D eigenvalue weighted by Crippen LogP contribution is -2.30. The Bertz CT molecular complexity index is 1030. The summed E-state index contributed by atoms with van der Waals surface area (Å²) in [5, 5.41) is 4.40. The molecule has 0 bridgehead atoms. The van der Waals surface area contributed by atoms with Crippen molar-refractivity contribution in [2.24, 2.45) is 0 Å². The zero-order chi connectivity index (χ0) is 21.0. The third-order valence-corrected chi connectivity index (χ3v) is 5.05. The molecule has 0 aliphatic rings. The van der Waals surface area contributed by atoms with E-state index in [-0.39, 0.29) is 11.4 Å². The summed E-state index contributed by atoms with van der Waals surface area (Å²) in [5.41, 5.74) is 1.81. The molecule has 1 atom stereocenters. The van der Waals surface area contributed by atoms with Crippen LogP contribution in [0.1, 0.15) is 29.9 Å². The van der Waals surface area contributed by atoms with Gasteiger partial charge in [-0.3, -0.25) is 4.79 Å². The molecule has 8 heteroatoms. The Morgan fingerprint density at radius 1 is 1.17 bits per heavy atom. The Hall–Kier alpha value is -3.13. The molecule has 0 aliphatic heterocycles. The number of carbonyl (C=O) groups is 2. The van der Waals surface area contributed by atoms with Crippen LogP contribution in [0.4, 0.5) is 14.5 Å². The fourth-order valence-electron chi connectivity index (χ4n) is 2.49. The van der Waals surface area contributed by atoms with Crippen LogP contribution in [0.2, 0.25) is 0 Å². The van der Waals surface area contributed by atoms with Gasteiger partial charge in [-0.05, 0) is 31.0 Å². The van der Waals surface area contributed by atoms with E-state index in [0.717, 1.165) is 30.2 Å². The lowest BCUT2D eigenvalue weighted by Gasteiger charge is -2.13. The predicted molar refractivity (Wildman–Crippen MR) is 107 cm³/mol. The van der Waals surface area contributed by atoms with Crippen molar-refractivity contribution in [2.75, 3.05) is 5.32 Å². The van der Waals surface area contributed by atoms with Crippen LogP contribution in [-0.2, 0) is 16.0 Å². The number of anilines is 1. The molecule has 0 radical (unpaired) electrons. The molecule has 1 N–H and O–H groups in total. The van der Waals surface area contributed by atoms with Gasteiger partial charge in [-0.15, -0.1) is 11.3 Å². The Kier molecular flexibility index (Phi) is 6.33. The largest absolute Gasteiger partial charge is 0.448 e. The number of aromatic nitrogens is 1. The number of carbonyl (C=O) groups excluding carboxylic acids is 2. The van der Waals surface area contributed by atoms with Gasteiger partial charge in [-0.1, -0.05) is 31.2 Å². The smallest absolute Gasteiger partial charge is 0.358 e. The first-order chi connectivity index (χ1) is 13.9. The van der Waals surface area contributed by atoms with Crippen molar-refractivity contribution in [1.82, 2.24) is 4.98 Å². The number of rotatable bonds is 6. The zero-order valence-corrected chi connectivity index (χ0v) is 16.6. The maximum Gasteiger partial charge on any atom is 0.358 e. The van der Waals surface area contributed by atoms with Crippen LogP contribution in [0.5, 0.6) is 0 Å². The second-order valence-corrected chi connectivity index (χ2v) is 7.11. The minimum atomic E-state index is -1.22. The normalized spacial score (nSPS) is 11.7. The third-order valence-electron chi connectivity index (χ3n) is 4.16. The van der Waals surface area contributed by atoms with E-state index in [1.54, 1.807) is 5.38 Å². The minimum Gasteiger partial charge on any atom is -0.448 e. The number of thiazole rings is 1. The van der Waals surface area contributed by atoms with Crippen molar-refractivity contribution in [3.63, 3.8) is 0 Å². The average molecular weight is 416 g/mol. The number of nitrogens with one attached hydrogen (secondary N) is 1. The highest BCUT2D eigenvalue weighted by molar-refractivity contribution is 7.13. The highest BCUT2D eigenvalue weighted by atomic mass is 32.1. The molecule has 0 spiro atoms. The van der Waals surface area contributed by atoms with Crippen molar-refractivity contribution in [1.29, 1.82) is 0 Å². The third kappa shape index (κ3) is 5.03. The van der Waals surface area contributed by atoms with Crippen LogP contribution in [0.15, 0.2) is 47.8 Å². The van der Waals surface area contributed by atoms with E-state index in [1.807, 2.05) is 24.3 Å². The number of hydrogen-bond acceptors (Lipinski definition) is 5. The number of amides is 1. The van der Waals surface area contributed by atoms with Crippen molar-refractivity contribution in [3.8, 4) is 10.6 Å². The van der Waals surface area contributed by atoms with Gasteiger partial charge < -0.3 is 10.1 Å². The molecule has 3 aromatic rings. The van der Waals surface area contributed by atoms with Gasteiger partial charge in [0.1, 0.15) is 16.6 Å². The summed E-state index contributed by atoms with van der Waals surface area (Å²) in [6.45, 7) is 3.40. The Balaban J connectivity index is 1.64. The van der Waals surface area contributed by atoms with Gasteiger partial charge in [0.25, 0.3) is 5.91 Å². The van der Waals surface area contributed by atoms with Crippen LogP contribution in [-0.4, -0.2) is 23.0 Å². The van der Waals surface area contributed by atoms with Gasteiger partial charge in [0.2, 0.25) is 0 Å². The number of nitrogens with zero attached hydrogens (tertiary/aromatic N) is 1. The molecule has 5 nitrogen and oxygen atoms in total. The summed E-state index contributed by atoms with van der Waals surface area (Å²) in [6, 6.07) is 10.5. The fraction of sp³-hybridized carbons (Fsp3) is 0.190. The van der Waals surface area contributed by atoms with Crippen molar-refractivity contribution < 1.29 is 23.1 Å². The maximum absolute atomic E-state index is 13.6. The number of hydrogen-bond donors (Lipinski definition) is 1. The molecule has 3 rings (SSSR count). The summed E-state index contributed by atoms with van der Waals surface area (Å²) in [7, 11) is 0. The molecule has 2 aromatic carbocycles. The van der Waals surface area contributed by atoms with Crippen LogP contribution in [0.3, 0.4) is 0 Å². The number of halogens is 2. The van der Waals surface area contributed by atoms with E-state index >= 15 is 0 Å². The lowest BCUT2D eigenvalue weighted by atomic mass is 10.1. The fourth-order valence-corrected chi connectivity index (χ4v) is 3.28. The molecule has 1 amide bonds. The number of ether oxygens (including phenoxy) is 1. The summed E-state index contributed by atoms with van der Waals surface area (Å²) in [4.78, 5) is 28.7. The summed E-state index contributed by atoms with van der Waals surface area (Å²) < 4.78 is 31.9. The van der Waals surface area contributed by atoms with Gasteiger partial charge in [0.05, 0.1) is 5.69 Å². The molecule has 0 saturated heterocycles. The first-order valence-electron chi connectivity index (χ1n) is 8.89. The van der Waals surface area contributed by atoms with E-state index in [2.05, 4.69) is 17.2 Å². The van der Waals surface area contributed by atoms with E-state index in [4.69, 9.17) is 4.74 Å².